The van der Waals surface area contributed by atoms with Crippen molar-refractivity contribution in [3.05, 3.63) is 35.4 Å². The Morgan fingerprint density at radius 2 is 1.83 bits per heavy atom. The fourth-order valence-electron chi connectivity index (χ4n) is 1.36. The standard InChI is InChI=1S/C12H17N3O3/c1-8(11(17)15-12(13)18)14-6-9-2-4-10(7-16)5-3-9/h2-5,8,14,16H,6-7H2,1H3,(H3,13,15,17,18). The second-order valence-corrected chi connectivity index (χ2v) is 3.93. The summed E-state index contributed by atoms with van der Waals surface area (Å²) < 4.78 is 0. The molecule has 0 aliphatic heterocycles. The smallest absolute Gasteiger partial charge is 0.318 e. The maximum absolute atomic E-state index is 11.4. The van der Waals surface area contributed by atoms with Crippen LogP contribution in [0.15, 0.2) is 24.3 Å². The zero-order valence-corrected chi connectivity index (χ0v) is 10.1. The minimum Gasteiger partial charge on any atom is -0.392 e. The highest BCUT2D eigenvalue weighted by Crippen LogP contribution is 2.04. The van der Waals surface area contributed by atoms with E-state index in [9.17, 15) is 9.59 Å². The summed E-state index contributed by atoms with van der Waals surface area (Å²) in [6, 6.07) is 5.96. The Morgan fingerprint density at radius 1 is 1.28 bits per heavy atom. The minimum atomic E-state index is -0.860. The zero-order valence-electron chi connectivity index (χ0n) is 10.1. The predicted octanol–water partition coefficient (Wildman–Crippen LogP) is -0.148. The number of aliphatic hydroxyl groups excluding tert-OH is 1. The number of nitrogens with two attached hydrogens (primary N) is 1. The molecule has 0 saturated carbocycles. The van der Waals surface area contributed by atoms with Crippen LogP contribution in [0.4, 0.5) is 4.79 Å². The van der Waals surface area contributed by atoms with Crippen molar-refractivity contribution >= 4 is 11.9 Å². The molecule has 1 unspecified atom stereocenters. The van der Waals surface area contributed by atoms with E-state index in [2.05, 4.69) is 5.32 Å². The van der Waals surface area contributed by atoms with Gasteiger partial charge in [0.05, 0.1) is 12.6 Å². The predicted molar refractivity (Wildman–Crippen MR) is 66.4 cm³/mol. The number of hydrogen-bond acceptors (Lipinski definition) is 4. The lowest BCUT2D eigenvalue weighted by Crippen LogP contribution is -2.46. The summed E-state index contributed by atoms with van der Waals surface area (Å²) in [5, 5.41) is 13.9. The number of imide groups is 1. The molecule has 1 rings (SSSR count). The van der Waals surface area contributed by atoms with Crippen LogP contribution in [-0.4, -0.2) is 23.1 Å². The van der Waals surface area contributed by atoms with Crippen molar-refractivity contribution in [1.29, 1.82) is 0 Å². The molecule has 18 heavy (non-hydrogen) atoms. The summed E-state index contributed by atoms with van der Waals surface area (Å²) in [7, 11) is 0. The van der Waals surface area contributed by atoms with Crippen molar-refractivity contribution in [3.8, 4) is 0 Å². The Morgan fingerprint density at radius 3 is 2.33 bits per heavy atom. The first-order valence-corrected chi connectivity index (χ1v) is 5.55. The van der Waals surface area contributed by atoms with Crippen molar-refractivity contribution < 1.29 is 14.7 Å². The quantitative estimate of drug-likeness (QED) is 0.584. The fraction of sp³-hybridized carbons (Fsp3) is 0.333. The van der Waals surface area contributed by atoms with Gasteiger partial charge in [-0.15, -0.1) is 0 Å². The van der Waals surface area contributed by atoms with Gasteiger partial charge in [-0.2, -0.15) is 0 Å². The normalized spacial score (nSPS) is 11.9. The number of amides is 3. The van der Waals surface area contributed by atoms with Crippen LogP contribution in [0.2, 0.25) is 0 Å². The number of hydrogen-bond donors (Lipinski definition) is 4. The number of aliphatic hydroxyl groups is 1. The third-order valence-corrected chi connectivity index (χ3v) is 2.46. The van der Waals surface area contributed by atoms with Gasteiger partial charge < -0.3 is 16.2 Å². The summed E-state index contributed by atoms with van der Waals surface area (Å²) in [6.07, 6.45) is 0. The van der Waals surface area contributed by atoms with Gasteiger partial charge in [-0.25, -0.2) is 4.79 Å². The number of carbonyl (C=O) groups excluding carboxylic acids is 2. The van der Waals surface area contributed by atoms with Gasteiger partial charge >= 0.3 is 6.03 Å². The van der Waals surface area contributed by atoms with Crippen molar-refractivity contribution in [2.24, 2.45) is 5.73 Å². The first-order valence-electron chi connectivity index (χ1n) is 5.55. The maximum atomic E-state index is 11.4. The molecule has 0 bridgehead atoms. The molecule has 0 heterocycles. The highest BCUT2D eigenvalue weighted by atomic mass is 16.3. The second kappa shape index (κ2) is 6.73. The van der Waals surface area contributed by atoms with Crippen LogP contribution in [0.1, 0.15) is 18.1 Å². The molecule has 1 aromatic carbocycles. The Balaban J connectivity index is 2.43. The van der Waals surface area contributed by atoms with Crippen LogP contribution >= 0.6 is 0 Å². The Hall–Kier alpha value is -1.92. The van der Waals surface area contributed by atoms with E-state index >= 15 is 0 Å². The van der Waals surface area contributed by atoms with Crippen molar-refractivity contribution in [2.75, 3.05) is 0 Å². The number of rotatable bonds is 5. The number of urea groups is 1. The van der Waals surface area contributed by atoms with Crippen LogP contribution < -0.4 is 16.4 Å². The Bertz CT molecular complexity index is 417. The lowest BCUT2D eigenvalue weighted by atomic mass is 10.1. The number of benzene rings is 1. The molecule has 0 aliphatic carbocycles. The molecule has 0 saturated heterocycles. The number of carbonyl (C=O) groups is 2. The lowest BCUT2D eigenvalue weighted by Gasteiger charge is -2.12. The Kier molecular flexibility index (Phi) is 5.29. The molecule has 0 spiro atoms. The van der Waals surface area contributed by atoms with E-state index in [4.69, 9.17) is 10.8 Å². The molecule has 1 atom stereocenters. The van der Waals surface area contributed by atoms with E-state index in [0.29, 0.717) is 6.54 Å². The van der Waals surface area contributed by atoms with Gasteiger partial charge in [0.2, 0.25) is 5.91 Å². The molecule has 6 nitrogen and oxygen atoms in total. The lowest BCUT2D eigenvalue weighted by molar-refractivity contribution is -0.121. The molecule has 3 amide bonds. The molecule has 0 fully saturated rings. The van der Waals surface area contributed by atoms with Gasteiger partial charge in [0.25, 0.3) is 0 Å². The average Bonchev–Trinajstić information content (AvgIpc) is 2.35. The van der Waals surface area contributed by atoms with E-state index in [1.807, 2.05) is 29.6 Å². The van der Waals surface area contributed by atoms with Crippen molar-refractivity contribution in [3.63, 3.8) is 0 Å². The topological polar surface area (TPSA) is 104 Å². The minimum absolute atomic E-state index is 0.00509. The summed E-state index contributed by atoms with van der Waals surface area (Å²) in [5.41, 5.74) is 6.66. The van der Waals surface area contributed by atoms with Crippen LogP contribution in [-0.2, 0) is 17.9 Å². The van der Waals surface area contributed by atoms with E-state index < -0.39 is 18.0 Å². The number of nitrogens with one attached hydrogen (secondary N) is 2. The second-order valence-electron chi connectivity index (χ2n) is 3.93. The fourth-order valence-corrected chi connectivity index (χ4v) is 1.36. The third kappa shape index (κ3) is 4.52. The molecular formula is C12H17N3O3. The van der Waals surface area contributed by atoms with Gasteiger partial charge in [0.1, 0.15) is 0 Å². The monoisotopic (exact) mass is 251 g/mol. The van der Waals surface area contributed by atoms with Crippen LogP contribution in [0.5, 0.6) is 0 Å². The summed E-state index contributed by atoms with van der Waals surface area (Å²) in [6.45, 7) is 2.13. The summed E-state index contributed by atoms with van der Waals surface area (Å²) >= 11 is 0. The van der Waals surface area contributed by atoms with Crippen molar-refractivity contribution in [2.45, 2.75) is 26.1 Å². The first kappa shape index (κ1) is 14.1. The van der Waals surface area contributed by atoms with Crippen molar-refractivity contribution in [1.82, 2.24) is 10.6 Å². The molecule has 0 radical (unpaired) electrons. The van der Waals surface area contributed by atoms with Crippen LogP contribution in [0.3, 0.4) is 0 Å². The van der Waals surface area contributed by atoms with Gasteiger partial charge in [0, 0.05) is 6.54 Å². The Labute approximate surface area is 105 Å². The van der Waals surface area contributed by atoms with E-state index in [1.54, 1.807) is 6.92 Å². The molecule has 5 N–H and O–H groups in total. The maximum Gasteiger partial charge on any atom is 0.318 e. The molecule has 1 aromatic rings. The molecule has 98 valence electrons. The van der Waals surface area contributed by atoms with Gasteiger partial charge in [-0.3, -0.25) is 10.1 Å². The molecule has 6 heteroatoms. The summed E-state index contributed by atoms with van der Waals surface area (Å²) in [5.74, 6) is -0.463. The van der Waals surface area contributed by atoms with E-state index in [0.717, 1.165) is 11.1 Å². The number of primary amides is 1. The average molecular weight is 251 g/mol. The summed E-state index contributed by atoms with van der Waals surface area (Å²) in [4.78, 5) is 21.9. The third-order valence-electron chi connectivity index (χ3n) is 2.46. The SMILES string of the molecule is CC(NCc1ccc(CO)cc1)C(=O)NC(N)=O. The molecule has 0 aliphatic rings. The highest BCUT2D eigenvalue weighted by molar-refractivity contribution is 5.96. The molecular weight excluding hydrogens is 234 g/mol. The van der Waals surface area contributed by atoms with Gasteiger partial charge in [0.15, 0.2) is 0 Å². The largest absolute Gasteiger partial charge is 0.392 e. The highest BCUT2D eigenvalue weighted by Gasteiger charge is 2.13. The van der Waals surface area contributed by atoms with E-state index in [1.165, 1.54) is 0 Å². The molecule has 0 aromatic heterocycles. The van der Waals surface area contributed by atoms with E-state index in [-0.39, 0.29) is 6.61 Å². The van der Waals surface area contributed by atoms with Crippen LogP contribution in [0.25, 0.3) is 0 Å². The first-order chi connectivity index (χ1) is 8.52. The van der Waals surface area contributed by atoms with Crippen LogP contribution in [0, 0.1) is 0 Å². The van der Waals surface area contributed by atoms with Gasteiger partial charge in [-0.1, -0.05) is 24.3 Å². The van der Waals surface area contributed by atoms with Gasteiger partial charge in [-0.05, 0) is 18.1 Å². The zero-order chi connectivity index (χ0) is 13.5.